The number of hydrogen-bond acceptors (Lipinski definition) is 5. The summed E-state index contributed by atoms with van der Waals surface area (Å²) in [6, 6.07) is 16.0. The van der Waals surface area contributed by atoms with E-state index in [2.05, 4.69) is 83.1 Å². The van der Waals surface area contributed by atoms with Crippen LogP contribution in [0.1, 0.15) is 156 Å². The molecule has 9 heteroatoms. The van der Waals surface area contributed by atoms with Crippen molar-refractivity contribution in [1.29, 1.82) is 5.31 Å². The number of benzene rings is 2. The Morgan fingerprint density at radius 2 is 1.44 bits per heavy atom. The van der Waals surface area contributed by atoms with Crippen LogP contribution >= 0.6 is 0 Å². The van der Waals surface area contributed by atoms with Crippen molar-refractivity contribution in [3.05, 3.63) is 65.2 Å². The van der Waals surface area contributed by atoms with Crippen LogP contribution in [-0.4, -0.2) is 49.6 Å². The predicted octanol–water partition coefficient (Wildman–Crippen LogP) is 12.3. The van der Waals surface area contributed by atoms with Gasteiger partial charge in [-0.25, -0.2) is 8.78 Å². The first-order valence-electron chi connectivity index (χ1n) is 22.5. The number of halogens is 2. The Kier molecular flexibility index (Phi) is 22.8. The van der Waals surface area contributed by atoms with E-state index < -0.39 is 17.8 Å². The number of carbonyl (C=O) groups excluding carboxylic acids is 3. The Morgan fingerprint density at radius 1 is 0.871 bits per heavy atom. The summed E-state index contributed by atoms with van der Waals surface area (Å²) >= 11 is 0. The molecule has 0 bridgehead atoms. The minimum absolute atomic E-state index is 0.0222. The Hall–Kier alpha value is -4.39. The van der Waals surface area contributed by atoms with E-state index in [9.17, 15) is 18.4 Å². The number of ketones is 1. The molecule has 6 nitrogen and oxygen atoms in total. The molecule has 4 atom stereocenters. The molecule has 0 radical (unpaired) electrons. The minimum atomic E-state index is -1.90. The normalized spacial score (nSPS) is 20.7. The molecule has 0 saturated heterocycles. The fourth-order valence-corrected chi connectivity index (χ4v) is 7.53. The molecule has 1 aliphatic heterocycles. The van der Waals surface area contributed by atoms with Crippen LogP contribution in [0.25, 0.3) is 0 Å². The maximum atomic E-state index is 14.4. The largest absolute Gasteiger partial charge is 0.376 e. The first kappa shape index (κ1) is 53.8. The zero-order valence-corrected chi connectivity index (χ0v) is 39.4. The van der Waals surface area contributed by atoms with Gasteiger partial charge in [0.15, 0.2) is 12.1 Å². The van der Waals surface area contributed by atoms with Gasteiger partial charge in [-0.3, -0.25) is 9.59 Å². The van der Waals surface area contributed by atoms with Crippen LogP contribution in [0.5, 0.6) is 0 Å². The Balaban J connectivity index is 0.000000310. The number of aldehydes is 1. The van der Waals surface area contributed by atoms with Gasteiger partial charge in [0.1, 0.15) is 6.67 Å². The van der Waals surface area contributed by atoms with Crippen molar-refractivity contribution in [1.82, 2.24) is 0 Å². The molecule has 4 aliphatic rings. The van der Waals surface area contributed by atoms with Gasteiger partial charge in [-0.05, 0) is 106 Å². The van der Waals surface area contributed by atoms with Gasteiger partial charge < -0.3 is 14.4 Å². The Bertz CT molecular complexity index is 1920. The second-order valence-corrected chi connectivity index (χ2v) is 19.5. The molecule has 1 heterocycles. The zero-order chi connectivity index (χ0) is 46.4. The standard InChI is InChI=1S/C23H25NO.C14H22O.C13H19FO.C2H3FO.CH4BN/c1-23(2,3)16-8-13-22(25)24-17-20-11-5-4-9-18(20)14-15-19-10-6-7-12-21(19)24;1-14(2,3)15-10-13-11-8-6-4-5-7-9-12(11)13;1-12(2,3)11(15)13(14)9-7-5-4-6-8-10-13;3-1-2-4;1-2-3/h4-7,9-12H,8,13,16-17H2,1-3H3;11-13H,6-10H2,1-3H3;4-7,9H2,1-3H3;2H,1H2;3H,1H3/t;11-,12+,13?;;;. The number of alkyl halides is 2. The molecule has 2 aromatic carbocycles. The summed E-state index contributed by atoms with van der Waals surface area (Å²) in [7, 11) is 1.25. The van der Waals surface area contributed by atoms with Gasteiger partial charge in [0.25, 0.3) is 0 Å². The summed E-state index contributed by atoms with van der Waals surface area (Å²) in [5.74, 6) is 20.8. The van der Waals surface area contributed by atoms with Gasteiger partial charge in [0.05, 0.1) is 24.4 Å². The maximum Gasteiger partial charge on any atom is 0.229 e. The SMILES string of the molecule is CB=N.CC(C)(C)C(=O)C1(F)C#CCCCCC1.CC(C)(C)CCCC(=O)N1Cc2ccccc2C#Cc2ccccc21.CC(C)(C)OCC1[C@H]2CCC#CCC[C@@H]12.O=CCF. The minimum Gasteiger partial charge on any atom is -0.376 e. The summed E-state index contributed by atoms with van der Waals surface area (Å²) in [6.45, 7) is 20.7. The number of ether oxygens (including phenoxy) is 1. The van der Waals surface area contributed by atoms with Gasteiger partial charge in [-0.15, -0.1) is 11.8 Å². The van der Waals surface area contributed by atoms with Crippen LogP contribution in [-0.2, 0) is 25.7 Å². The first-order valence-corrected chi connectivity index (χ1v) is 22.5. The smallest absolute Gasteiger partial charge is 0.229 e. The average Bonchev–Trinajstić information content (AvgIpc) is 3.84. The molecule has 0 aromatic heterocycles. The van der Waals surface area contributed by atoms with Crippen molar-refractivity contribution in [2.75, 3.05) is 18.2 Å². The van der Waals surface area contributed by atoms with Crippen LogP contribution < -0.4 is 4.90 Å². The first-order chi connectivity index (χ1) is 29.2. The van der Waals surface area contributed by atoms with Crippen LogP contribution in [0.15, 0.2) is 48.5 Å². The fourth-order valence-electron chi connectivity index (χ4n) is 7.53. The molecule has 0 spiro atoms. The molecular weight excluding hydrogens is 777 g/mol. The number of hydrogen-bond donors (Lipinski definition) is 1. The van der Waals surface area contributed by atoms with E-state index >= 15 is 0 Å². The molecule has 1 saturated carbocycles. The molecule has 2 unspecified atom stereocenters. The van der Waals surface area contributed by atoms with E-state index in [1.807, 2.05) is 47.4 Å². The summed E-state index contributed by atoms with van der Waals surface area (Å²) in [6.07, 6.45) is 11.3. The number of carbonyl (C=O) groups is 3. The molecule has 6 rings (SSSR count). The number of fused-ring (bicyclic) bond motifs is 3. The van der Waals surface area contributed by atoms with Crippen LogP contribution in [0.4, 0.5) is 14.5 Å². The number of para-hydroxylation sites is 1. The zero-order valence-electron chi connectivity index (χ0n) is 39.4. The second kappa shape index (κ2) is 26.3. The Morgan fingerprint density at radius 3 is 2.00 bits per heavy atom. The van der Waals surface area contributed by atoms with Crippen molar-refractivity contribution in [2.24, 2.45) is 28.6 Å². The van der Waals surface area contributed by atoms with Crippen molar-refractivity contribution < 1.29 is 27.9 Å². The van der Waals surface area contributed by atoms with E-state index in [1.54, 1.807) is 27.6 Å². The third kappa shape index (κ3) is 19.8. The van der Waals surface area contributed by atoms with Gasteiger partial charge in [-0.1, -0.05) is 102 Å². The van der Waals surface area contributed by atoms with E-state index in [1.165, 1.54) is 19.9 Å². The number of rotatable bonds is 7. The quantitative estimate of drug-likeness (QED) is 0.171. The van der Waals surface area contributed by atoms with Crippen LogP contribution in [0, 0.1) is 69.4 Å². The number of Topliss-reactive ketones (excluding diaryl/α,β-unsaturated/α-hetero) is 1. The molecule has 1 amide bonds. The topological polar surface area (TPSA) is 87.5 Å². The Labute approximate surface area is 374 Å². The van der Waals surface area contributed by atoms with Crippen molar-refractivity contribution >= 4 is 30.7 Å². The number of amides is 1. The van der Waals surface area contributed by atoms with E-state index in [4.69, 9.17) is 14.8 Å². The molecule has 1 fully saturated rings. The van der Waals surface area contributed by atoms with Gasteiger partial charge in [0, 0.05) is 48.6 Å². The molecule has 2 aromatic rings. The van der Waals surface area contributed by atoms with E-state index in [-0.39, 0.29) is 35.4 Å². The predicted molar refractivity (Wildman–Crippen MR) is 251 cm³/mol. The molecule has 62 heavy (non-hydrogen) atoms. The molecule has 3 aliphatic carbocycles. The van der Waals surface area contributed by atoms with Gasteiger partial charge in [-0.2, -0.15) is 0 Å². The number of anilines is 1. The number of nitrogens with one attached hydrogen (secondary N) is 1. The maximum absolute atomic E-state index is 14.4. The van der Waals surface area contributed by atoms with Crippen molar-refractivity contribution in [3.8, 4) is 35.5 Å². The van der Waals surface area contributed by atoms with E-state index in [0.29, 0.717) is 19.4 Å². The molecule has 336 valence electrons. The number of nitrogens with zero attached hydrogens (tertiary/aromatic N) is 1. The van der Waals surface area contributed by atoms with Crippen LogP contribution in [0.2, 0.25) is 6.82 Å². The van der Waals surface area contributed by atoms with E-state index in [0.717, 1.165) is 91.7 Å². The van der Waals surface area contributed by atoms with Gasteiger partial charge >= 0.3 is 19.2 Å². The summed E-state index contributed by atoms with van der Waals surface area (Å²) in [4.78, 5) is 35.6. The van der Waals surface area contributed by atoms with Crippen molar-refractivity contribution in [2.45, 2.75) is 164 Å². The second-order valence-electron chi connectivity index (χ2n) is 19.5. The summed E-state index contributed by atoms with van der Waals surface area (Å²) < 4.78 is 30.6. The van der Waals surface area contributed by atoms with Gasteiger partial charge in [0.2, 0.25) is 11.6 Å². The van der Waals surface area contributed by atoms with Crippen LogP contribution in [0.3, 0.4) is 0 Å². The van der Waals surface area contributed by atoms with Crippen molar-refractivity contribution in [3.63, 3.8) is 0 Å². The molecule has 1 N–H and O–H groups in total. The third-order valence-corrected chi connectivity index (χ3v) is 10.8. The average molecular weight is 851 g/mol. The summed E-state index contributed by atoms with van der Waals surface area (Å²) in [5, 5.41) is 6.08. The monoisotopic (exact) mass is 851 g/mol. The molecular formula is C53H73BF2N2O4. The third-order valence-electron chi connectivity index (χ3n) is 10.8. The summed E-state index contributed by atoms with van der Waals surface area (Å²) in [5.41, 5.74) is 1.67. The fraction of sp³-hybridized carbons (Fsp3) is 0.604.